The molecule has 1 aromatic heterocycles. The van der Waals surface area contributed by atoms with E-state index in [4.69, 9.17) is 0 Å². The van der Waals surface area contributed by atoms with E-state index < -0.39 is 5.54 Å². The van der Waals surface area contributed by atoms with E-state index in [2.05, 4.69) is 20.7 Å². The quantitative estimate of drug-likeness (QED) is 0.723. The summed E-state index contributed by atoms with van der Waals surface area (Å²) in [4.78, 5) is 42.3. The molecule has 29 heavy (non-hydrogen) atoms. The van der Waals surface area contributed by atoms with E-state index in [1.165, 1.54) is 11.2 Å². The Balaban J connectivity index is 1.30. The van der Waals surface area contributed by atoms with Gasteiger partial charge >= 0.3 is 6.03 Å². The highest BCUT2D eigenvalue weighted by Gasteiger charge is 2.52. The Morgan fingerprint density at radius 3 is 2.62 bits per heavy atom. The second kappa shape index (κ2) is 7.65. The summed E-state index contributed by atoms with van der Waals surface area (Å²) >= 11 is 0. The lowest BCUT2D eigenvalue weighted by Crippen LogP contribution is -2.44. The SMILES string of the molecule is C[C@@H](NC(=O)CCN1C(=O)NC2(CCCC2)C1=O)c1ccc(-n2cncn2)cc1. The van der Waals surface area contributed by atoms with Crippen LogP contribution >= 0.6 is 0 Å². The average Bonchev–Trinajstić information content (AvgIpc) is 3.44. The second-order valence-corrected chi connectivity index (χ2v) is 7.65. The number of imide groups is 1. The Kier molecular flexibility index (Phi) is 5.04. The minimum absolute atomic E-state index is 0.0800. The fourth-order valence-corrected chi connectivity index (χ4v) is 4.06. The lowest BCUT2D eigenvalue weighted by molar-refractivity contribution is -0.131. The van der Waals surface area contributed by atoms with Gasteiger partial charge in [-0.15, -0.1) is 0 Å². The molecule has 0 bridgehead atoms. The normalized spacial score (nSPS) is 18.9. The van der Waals surface area contributed by atoms with Gasteiger partial charge in [-0.2, -0.15) is 5.10 Å². The second-order valence-electron chi connectivity index (χ2n) is 7.65. The van der Waals surface area contributed by atoms with Crippen LogP contribution in [0, 0.1) is 0 Å². The molecule has 9 nitrogen and oxygen atoms in total. The summed E-state index contributed by atoms with van der Waals surface area (Å²) in [6.07, 6.45) is 6.41. The summed E-state index contributed by atoms with van der Waals surface area (Å²) in [5, 5.41) is 9.83. The predicted octanol–water partition coefficient (Wildman–Crippen LogP) is 1.70. The van der Waals surface area contributed by atoms with Crippen molar-refractivity contribution in [1.82, 2.24) is 30.3 Å². The maximum atomic E-state index is 12.6. The summed E-state index contributed by atoms with van der Waals surface area (Å²) in [5.74, 6) is -0.393. The standard InChI is InChI=1S/C20H24N6O3/c1-14(15-4-6-16(7-5-15)26-13-21-12-22-26)23-17(27)8-11-25-18(28)20(24-19(25)29)9-2-3-10-20/h4-7,12-14H,2-3,8-11H2,1H3,(H,23,27)(H,24,29)/t14-/m1/s1. The van der Waals surface area contributed by atoms with E-state index in [-0.39, 0.29) is 36.9 Å². The molecule has 1 aliphatic heterocycles. The number of hydrogen-bond acceptors (Lipinski definition) is 5. The Morgan fingerprint density at radius 1 is 1.24 bits per heavy atom. The third-order valence-corrected chi connectivity index (χ3v) is 5.72. The zero-order valence-electron chi connectivity index (χ0n) is 16.3. The Hall–Kier alpha value is -3.23. The maximum absolute atomic E-state index is 12.6. The minimum Gasteiger partial charge on any atom is -0.350 e. The molecule has 1 spiro atoms. The lowest BCUT2D eigenvalue weighted by atomic mass is 9.98. The number of nitrogens with one attached hydrogen (secondary N) is 2. The van der Waals surface area contributed by atoms with Crippen LogP contribution in [0.4, 0.5) is 4.79 Å². The molecule has 0 radical (unpaired) electrons. The summed E-state index contributed by atoms with van der Waals surface area (Å²) in [5.41, 5.74) is 1.10. The molecule has 1 aliphatic carbocycles. The molecular formula is C20H24N6O3. The van der Waals surface area contributed by atoms with Crippen molar-refractivity contribution >= 4 is 17.8 Å². The first-order valence-electron chi connectivity index (χ1n) is 9.87. The van der Waals surface area contributed by atoms with Crippen LogP contribution < -0.4 is 10.6 Å². The molecule has 2 N–H and O–H groups in total. The third kappa shape index (κ3) is 3.72. The van der Waals surface area contributed by atoms with Gasteiger partial charge in [0, 0.05) is 13.0 Å². The zero-order chi connectivity index (χ0) is 20.4. The molecule has 152 valence electrons. The number of rotatable bonds is 6. The highest BCUT2D eigenvalue weighted by molar-refractivity contribution is 6.07. The van der Waals surface area contributed by atoms with Crippen LogP contribution in [-0.2, 0) is 9.59 Å². The van der Waals surface area contributed by atoms with Gasteiger partial charge in [0.2, 0.25) is 5.91 Å². The van der Waals surface area contributed by atoms with Crippen LogP contribution in [0.25, 0.3) is 5.69 Å². The van der Waals surface area contributed by atoms with Crippen molar-refractivity contribution in [2.75, 3.05) is 6.54 Å². The summed E-state index contributed by atoms with van der Waals surface area (Å²) in [7, 11) is 0. The topological polar surface area (TPSA) is 109 Å². The van der Waals surface area contributed by atoms with Crippen molar-refractivity contribution in [3.8, 4) is 5.69 Å². The van der Waals surface area contributed by atoms with Gasteiger partial charge in [0.15, 0.2) is 0 Å². The molecule has 1 aromatic carbocycles. The number of amides is 4. The molecule has 2 aliphatic rings. The van der Waals surface area contributed by atoms with Gasteiger partial charge in [-0.3, -0.25) is 14.5 Å². The first-order valence-corrected chi connectivity index (χ1v) is 9.87. The predicted molar refractivity (Wildman–Crippen MR) is 104 cm³/mol. The van der Waals surface area contributed by atoms with Crippen LogP contribution in [0.5, 0.6) is 0 Å². The molecular weight excluding hydrogens is 372 g/mol. The number of carbonyl (C=O) groups excluding carboxylic acids is 3. The number of carbonyl (C=O) groups is 3. The van der Waals surface area contributed by atoms with Crippen LogP contribution in [-0.4, -0.2) is 49.6 Å². The highest BCUT2D eigenvalue weighted by Crippen LogP contribution is 2.35. The summed E-state index contributed by atoms with van der Waals surface area (Å²) < 4.78 is 1.66. The first-order chi connectivity index (χ1) is 14.0. The number of benzene rings is 1. The lowest BCUT2D eigenvalue weighted by Gasteiger charge is -2.20. The molecule has 2 fully saturated rings. The van der Waals surface area contributed by atoms with Crippen molar-refractivity contribution < 1.29 is 14.4 Å². The Labute approximate surface area is 168 Å². The first kappa shape index (κ1) is 19.1. The Morgan fingerprint density at radius 2 is 1.97 bits per heavy atom. The van der Waals surface area contributed by atoms with Gasteiger partial charge in [-0.05, 0) is 37.5 Å². The van der Waals surface area contributed by atoms with Crippen LogP contribution in [0.1, 0.15) is 50.6 Å². The molecule has 1 saturated heterocycles. The monoisotopic (exact) mass is 396 g/mol. The number of aromatic nitrogens is 3. The fraction of sp³-hybridized carbons (Fsp3) is 0.450. The van der Waals surface area contributed by atoms with E-state index in [9.17, 15) is 14.4 Å². The summed E-state index contributed by atoms with van der Waals surface area (Å²) in [6, 6.07) is 7.06. The van der Waals surface area contributed by atoms with Crippen molar-refractivity contribution in [3.05, 3.63) is 42.5 Å². The van der Waals surface area contributed by atoms with Crippen LogP contribution in [0.2, 0.25) is 0 Å². The van der Waals surface area contributed by atoms with Gasteiger partial charge in [-0.25, -0.2) is 14.5 Å². The fourth-order valence-electron chi connectivity index (χ4n) is 4.06. The van der Waals surface area contributed by atoms with E-state index in [1.807, 2.05) is 31.2 Å². The third-order valence-electron chi connectivity index (χ3n) is 5.72. The van der Waals surface area contributed by atoms with E-state index in [0.29, 0.717) is 12.8 Å². The van der Waals surface area contributed by atoms with Gasteiger partial charge in [0.25, 0.3) is 5.91 Å². The molecule has 2 heterocycles. The molecule has 0 unspecified atom stereocenters. The molecule has 4 rings (SSSR count). The van der Waals surface area contributed by atoms with Crippen molar-refractivity contribution in [1.29, 1.82) is 0 Å². The largest absolute Gasteiger partial charge is 0.350 e. The van der Waals surface area contributed by atoms with Gasteiger partial charge < -0.3 is 10.6 Å². The molecule has 2 aromatic rings. The number of nitrogens with zero attached hydrogens (tertiary/aromatic N) is 4. The van der Waals surface area contributed by atoms with Crippen LogP contribution in [0.3, 0.4) is 0 Å². The molecule has 1 atom stereocenters. The van der Waals surface area contributed by atoms with E-state index in [0.717, 1.165) is 24.1 Å². The molecule has 9 heteroatoms. The summed E-state index contributed by atoms with van der Waals surface area (Å²) in [6.45, 7) is 1.99. The van der Waals surface area contributed by atoms with Gasteiger partial charge in [0.1, 0.15) is 18.2 Å². The number of hydrogen-bond donors (Lipinski definition) is 2. The molecule has 4 amide bonds. The highest BCUT2D eigenvalue weighted by atomic mass is 16.2. The van der Waals surface area contributed by atoms with Gasteiger partial charge in [0.05, 0.1) is 11.7 Å². The maximum Gasteiger partial charge on any atom is 0.325 e. The average molecular weight is 396 g/mol. The number of urea groups is 1. The van der Waals surface area contributed by atoms with Crippen molar-refractivity contribution in [3.63, 3.8) is 0 Å². The van der Waals surface area contributed by atoms with Gasteiger partial charge in [-0.1, -0.05) is 25.0 Å². The minimum atomic E-state index is -0.729. The smallest absolute Gasteiger partial charge is 0.325 e. The van der Waals surface area contributed by atoms with Crippen molar-refractivity contribution in [2.24, 2.45) is 0 Å². The van der Waals surface area contributed by atoms with E-state index in [1.54, 1.807) is 11.0 Å². The van der Waals surface area contributed by atoms with E-state index >= 15 is 0 Å². The molecule has 1 saturated carbocycles. The van der Waals surface area contributed by atoms with Crippen LogP contribution in [0.15, 0.2) is 36.9 Å². The zero-order valence-corrected chi connectivity index (χ0v) is 16.3. The Bertz CT molecular complexity index is 903. The van der Waals surface area contributed by atoms with Crippen molar-refractivity contribution in [2.45, 2.75) is 50.6 Å².